The Kier molecular flexibility index (Phi) is 2.87. The SMILES string of the molecule is CCS(=O)(=O)c1ccc(CO)s1. The van der Waals surface area contributed by atoms with Crippen LogP contribution in [-0.4, -0.2) is 19.3 Å². The van der Waals surface area contributed by atoms with E-state index in [0.29, 0.717) is 9.09 Å². The summed E-state index contributed by atoms with van der Waals surface area (Å²) in [6.07, 6.45) is 0. The maximum atomic E-state index is 11.3. The summed E-state index contributed by atoms with van der Waals surface area (Å²) < 4.78 is 22.9. The summed E-state index contributed by atoms with van der Waals surface area (Å²) in [6.45, 7) is 1.51. The first kappa shape index (κ1) is 9.70. The van der Waals surface area contributed by atoms with E-state index in [1.165, 1.54) is 6.07 Å². The Morgan fingerprint density at radius 1 is 1.50 bits per heavy atom. The largest absolute Gasteiger partial charge is 0.391 e. The fraction of sp³-hybridized carbons (Fsp3) is 0.429. The van der Waals surface area contributed by atoms with Crippen LogP contribution < -0.4 is 0 Å². The van der Waals surface area contributed by atoms with Gasteiger partial charge < -0.3 is 5.11 Å². The lowest BCUT2D eigenvalue weighted by atomic mass is 10.5. The number of rotatable bonds is 3. The van der Waals surface area contributed by atoms with Crippen LogP contribution >= 0.6 is 11.3 Å². The molecule has 0 unspecified atom stereocenters. The van der Waals surface area contributed by atoms with E-state index >= 15 is 0 Å². The smallest absolute Gasteiger partial charge is 0.187 e. The molecule has 0 amide bonds. The minimum absolute atomic E-state index is 0.0934. The number of thiophene rings is 1. The fourth-order valence-electron chi connectivity index (χ4n) is 0.753. The van der Waals surface area contributed by atoms with Crippen LogP contribution in [0.2, 0.25) is 0 Å². The van der Waals surface area contributed by atoms with Crippen molar-refractivity contribution in [1.29, 1.82) is 0 Å². The van der Waals surface area contributed by atoms with E-state index < -0.39 is 9.84 Å². The van der Waals surface area contributed by atoms with Gasteiger partial charge in [0.05, 0.1) is 12.4 Å². The molecule has 12 heavy (non-hydrogen) atoms. The summed E-state index contributed by atoms with van der Waals surface area (Å²) in [5.41, 5.74) is 0. The Balaban J connectivity index is 3.05. The maximum absolute atomic E-state index is 11.3. The van der Waals surface area contributed by atoms with Gasteiger partial charge in [-0.25, -0.2) is 8.42 Å². The predicted molar refractivity (Wildman–Crippen MR) is 48.0 cm³/mol. The molecular weight excluding hydrogens is 196 g/mol. The molecule has 0 aliphatic heterocycles. The Hall–Kier alpha value is -0.390. The molecule has 0 bridgehead atoms. The molecule has 0 fully saturated rings. The van der Waals surface area contributed by atoms with E-state index in [4.69, 9.17) is 5.11 Å². The van der Waals surface area contributed by atoms with E-state index in [1.54, 1.807) is 13.0 Å². The highest BCUT2D eigenvalue weighted by Gasteiger charge is 2.13. The van der Waals surface area contributed by atoms with Crippen LogP contribution in [0.5, 0.6) is 0 Å². The third-order valence-corrected chi connectivity index (χ3v) is 4.87. The van der Waals surface area contributed by atoms with Gasteiger partial charge in [-0.2, -0.15) is 0 Å². The molecule has 1 aromatic heterocycles. The summed E-state index contributed by atoms with van der Waals surface area (Å²) in [5.74, 6) is 0.110. The highest BCUT2D eigenvalue weighted by molar-refractivity contribution is 7.93. The fourth-order valence-corrected chi connectivity index (χ4v) is 3.09. The van der Waals surface area contributed by atoms with Crippen molar-refractivity contribution in [2.75, 3.05) is 5.75 Å². The van der Waals surface area contributed by atoms with Crippen molar-refractivity contribution in [2.24, 2.45) is 0 Å². The molecule has 68 valence electrons. The lowest BCUT2D eigenvalue weighted by molar-refractivity contribution is 0.285. The van der Waals surface area contributed by atoms with Crippen molar-refractivity contribution < 1.29 is 13.5 Å². The molecule has 0 aromatic carbocycles. The van der Waals surface area contributed by atoms with Gasteiger partial charge in [0.1, 0.15) is 4.21 Å². The molecule has 1 aromatic rings. The minimum atomic E-state index is -3.08. The zero-order valence-electron chi connectivity index (χ0n) is 6.65. The maximum Gasteiger partial charge on any atom is 0.187 e. The molecule has 0 saturated heterocycles. The number of hydrogen-bond acceptors (Lipinski definition) is 4. The molecule has 0 radical (unpaired) electrons. The zero-order chi connectivity index (χ0) is 9.19. The average Bonchev–Trinajstić information content (AvgIpc) is 2.52. The Morgan fingerprint density at radius 2 is 2.17 bits per heavy atom. The molecular formula is C7H10O3S2. The van der Waals surface area contributed by atoms with Crippen molar-refractivity contribution in [3.8, 4) is 0 Å². The van der Waals surface area contributed by atoms with Crippen molar-refractivity contribution >= 4 is 21.2 Å². The number of aliphatic hydroxyl groups is 1. The molecule has 1 heterocycles. The van der Waals surface area contributed by atoms with Crippen LogP contribution in [-0.2, 0) is 16.4 Å². The van der Waals surface area contributed by atoms with Crippen LogP contribution in [0.4, 0.5) is 0 Å². The first-order valence-corrected chi connectivity index (χ1v) is 5.99. The Bertz CT molecular complexity index is 350. The zero-order valence-corrected chi connectivity index (χ0v) is 8.28. The van der Waals surface area contributed by atoms with Crippen LogP contribution in [0.1, 0.15) is 11.8 Å². The summed E-state index contributed by atoms with van der Waals surface area (Å²) in [7, 11) is -3.08. The molecule has 0 aliphatic rings. The summed E-state index contributed by atoms with van der Waals surface area (Å²) in [5, 5.41) is 8.70. The summed E-state index contributed by atoms with van der Waals surface area (Å²) in [4.78, 5) is 0.682. The van der Waals surface area contributed by atoms with Crippen molar-refractivity contribution in [1.82, 2.24) is 0 Å². The lowest BCUT2D eigenvalue weighted by Crippen LogP contribution is -2.00. The summed E-state index contributed by atoms with van der Waals surface area (Å²) in [6, 6.07) is 3.17. The molecule has 1 N–H and O–H groups in total. The number of hydrogen-bond donors (Lipinski definition) is 1. The van der Waals surface area contributed by atoms with Crippen LogP contribution in [0.25, 0.3) is 0 Å². The van der Waals surface area contributed by atoms with Gasteiger partial charge in [0.25, 0.3) is 0 Å². The van der Waals surface area contributed by atoms with Crippen LogP contribution in [0.3, 0.4) is 0 Å². The van der Waals surface area contributed by atoms with Crippen molar-refractivity contribution in [3.63, 3.8) is 0 Å². The van der Waals surface area contributed by atoms with Gasteiger partial charge in [-0.1, -0.05) is 6.92 Å². The average molecular weight is 206 g/mol. The summed E-state index contributed by atoms with van der Waals surface area (Å²) >= 11 is 1.13. The standard InChI is InChI=1S/C7H10O3S2/c1-2-12(9,10)7-4-3-6(5-8)11-7/h3-4,8H,2,5H2,1H3. The molecule has 0 saturated carbocycles. The van der Waals surface area contributed by atoms with Gasteiger partial charge in [0.15, 0.2) is 9.84 Å². The molecule has 5 heteroatoms. The van der Waals surface area contributed by atoms with Crippen LogP contribution in [0, 0.1) is 0 Å². The van der Waals surface area contributed by atoms with E-state index in [2.05, 4.69) is 0 Å². The molecule has 0 spiro atoms. The van der Waals surface area contributed by atoms with Crippen LogP contribution in [0.15, 0.2) is 16.3 Å². The number of aliphatic hydroxyl groups excluding tert-OH is 1. The second-order valence-electron chi connectivity index (χ2n) is 2.28. The van der Waals surface area contributed by atoms with E-state index in [-0.39, 0.29) is 12.4 Å². The molecule has 0 atom stereocenters. The lowest BCUT2D eigenvalue weighted by Gasteiger charge is -1.93. The van der Waals surface area contributed by atoms with Gasteiger partial charge >= 0.3 is 0 Å². The van der Waals surface area contributed by atoms with Gasteiger partial charge in [0.2, 0.25) is 0 Å². The van der Waals surface area contributed by atoms with E-state index in [9.17, 15) is 8.42 Å². The predicted octanol–water partition coefficient (Wildman–Crippen LogP) is 1.03. The quantitative estimate of drug-likeness (QED) is 0.803. The number of sulfone groups is 1. The van der Waals surface area contributed by atoms with Gasteiger partial charge in [0, 0.05) is 4.88 Å². The topological polar surface area (TPSA) is 54.4 Å². The van der Waals surface area contributed by atoms with Gasteiger partial charge in [-0.3, -0.25) is 0 Å². The van der Waals surface area contributed by atoms with Gasteiger partial charge in [-0.15, -0.1) is 11.3 Å². The first-order valence-electron chi connectivity index (χ1n) is 3.52. The second-order valence-corrected chi connectivity index (χ2v) is 5.96. The van der Waals surface area contributed by atoms with Gasteiger partial charge in [-0.05, 0) is 12.1 Å². The second kappa shape index (κ2) is 3.55. The monoisotopic (exact) mass is 206 g/mol. The Morgan fingerprint density at radius 3 is 2.58 bits per heavy atom. The van der Waals surface area contributed by atoms with E-state index in [1.807, 2.05) is 0 Å². The highest BCUT2D eigenvalue weighted by atomic mass is 32.2. The minimum Gasteiger partial charge on any atom is -0.391 e. The molecule has 3 nitrogen and oxygen atoms in total. The Labute approximate surface area is 75.6 Å². The molecule has 1 rings (SSSR count). The van der Waals surface area contributed by atoms with Crippen molar-refractivity contribution in [3.05, 3.63) is 17.0 Å². The normalized spacial score (nSPS) is 11.8. The third kappa shape index (κ3) is 1.85. The van der Waals surface area contributed by atoms with Crippen molar-refractivity contribution in [2.45, 2.75) is 17.7 Å². The first-order chi connectivity index (χ1) is 5.60. The highest BCUT2D eigenvalue weighted by Crippen LogP contribution is 2.22. The third-order valence-electron chi connectivity index (χ3n) is 1.48. The molecule has 0 aliphatic carbocycles. The van der Waals surface area contributed by atoms with E-state index in [0.717, 1.165) is 11.3 Å².